The molecule has 318 valence electrons. The van der Waals surface area contributed by atoms with Crippen molar-refractivity contribution in [2.24, 2.45) is 0 Å². The molecule has 15 rings (SSSR count). The Morgan fingerprint density at radius 3 is 1.56 bits per heavy atom. The van der Waals surface area contributed by atoms with Gasteiger partial charge in [-0.25, -0.2) is 0 Å². The molecule has 13 aromatic rings. The zero-order chi connectivity index (χ0) is 44.5. The van der Waals surface area contributed by atoms with Crippen molar-refractivity contribution in [2.75, 3.05) is 9.80 Å². The third-order valence-electron chi connectivity index (χ3n) is 14.4. The average molecular weight is 887 g/mol. The number of hydrogen-bond acceptors (Lipinski definition) is 5. The van der Waals surface area contributed by atoms with Crippen LogP contribution in [0, 0.1) is 0 Å². The van der Waals surface area contributed by atoms with E-state index in [-0.39, 0.29) is 0 Å². The molecule has 2 aliphatic rings. The fraction of sp³-hybridized carbons (Fsp3) is 0.0159. The molecule has 5 heteroatoms. The van der Waals surface area contributed by atoms with Gasteiger partial charge >= 0.3 is 0 Å². The highest BCUT2D eigenvalue weighted by molar-refractivity contribution is 7.22. The summed E-state index contributed by atoms with van der Waals surface area (Å²) in [5, 5.41) is 5.70. The van der Waals surface area contributed by atoms with Gasteiger partial charge in [0.1, 0.15) is 22.3 Å². The van der Waals surface area contributed by atoms with E-state index < -0.39 is 5.41 Å². The van der Waals surface area contributed by atoms with Gasteiger partial charge in [-0.15, -0.1) is 11.3 Å². The minimum atomic E-state index is -0.623. The van der Waals surface area contributed by atoms with Crippen LogP contribution < -0.4 is 9.80 Å². The van der Waals surface area contributed by atoms with Crippen LogP contribution in [0.4, 0.5) is 34.1 Å². The van der Waals surface area contributed by atoms with Gasteiger partial charge in [0.15, 0.2) is 0 Å². The molecule has 0 amide bonds. The molecule has 0 aliphatic heterocycles. The number of hydrogen-bond donors (Lipinski definition) is 0. The topological polar surface area (TPSA) is 32.8 Å². The zero-order valence-electron chi connectivity index (χ0n) is 36.6. The summed E-state index contributed by atoms with van der Waals surface area (Å²) in [4.78, 5) is 6.17. The quantitative estimate of drug-likeness (QED) is 0.167. The van der Waals surface area contributed by atoms with Crippen molar-refractivity contribution in [1.29, 1.82) is 0 Å². The second-order valence-corrected chi connectivity index (χ2v) is 19.0. The summed E-state index contributed by atoms with van der Waals surface area (Å²) in [6, 6.07) is 83.8. The number of anilines is 6. The molecule has 10 aromatic carbocycles. The minimum absolute atomic E-state index is 0.623. The molecule has 3 aromatic heterocycles. The largest absolute Gasteiger partial charge is 0.456 e. The number of para-hydroxylation sites is 4. The van der Waals surface area contributed by atoms with E-state index in [4.69, 9.17) is 8.83 Å². The summed E-state index contributed by atoms with van der Waals surface area (Å²) in [6.45, 7) is 0. The maximum absolute atomic E-state index is 6.37. The summed E-state index contributed by atoms with van der Waals surface area (Å²) < 4.78 is 14.0. The predicted octanol–water partition coefficient (Wildman–Crippen LogP) is 18.0. The third-order valence-corrected chi connectivity index (χ3v) is 15.6. The van der Waals surface area contributed by atoms with Crippen LogP contribution in [-0.4, -0.2) is 0 Å². The molecule has 3 heterocycles. The molecular formula is C63H38N2O2S. The van der Waals surface area contributed by atoms with E-state index in [9.17, 15) is 0 Å². The normalized spacial score (nSPS) is 14.5. The zero-order valence-corrected chi connectivity index (χ0v) is 37.4. The van der Waals surface area contributed by atoms with Gasteiger partial charge in [-0.3, -0.25) is 0 Å². The fourth-order valence-corrected chi connectivity index (χ4v) is 13.0. The number of benzene rings is 10. The first-order valence-electron chi connectivity index (χ1n) is 23.2. The molecular weight excluding hydrogens is 849 g/mol. The highest BCUT2D eigenvalue weighted by Crippen LogP contribution is 2.68. The van der Waals surface area contributed by atoms with Crippen LogP contribution in [0.2, 0.25) is 0 Å². The molecule has 0 saturated carbocycles. The van der Waals surface area contributed by atoms with E-state index in [0.717, 1.165) is 78.0 Å². The first-order chi connectivity index (χ1) is 33.7. The third kappa shape index (κ3) is 5.14. The highest BCUT2D eigenvalue weighted by Gasteiger charge is 2.54. The molecule has 0 bridgehead atoms. The lowest BCUT2D eigenvalue weighted by Crippen LogP contribution is -2.26. The van der Waals surface area contributed by atoms with Crippen molar-refractivity contribution in [1.82, 2.24) is 0 Å². The van der Waals surface area contributed by atoms with Gasteiger partial charge in [-0.1, -0.05) is 133 Å². The Kier molecular flexibility index (Phi) is 7.83. The van der Waals surface area contributed by atoms with E-state index >= 15 is 0 Å². The summed E-state index contributed by atoms with van der Waals surface area (Å²) in [5.41, 5.74) is 18.5. The molecule has 0 fully saturated rings. The maximum Gasteiger partial charge on any atom is 0.135 e. The molecule has 1 unspecified atom stereocenters. The first-order valence-corrected chi connectivity index (χ1v) is 24.0. The number of thiophene rings is 1. The van der Waals surface area contributed by atoms with Gasteiger partial charge in [0.05, 0.1) is 11.1 Å². The molecule has 2 aliphatic carbocycles. The van der Waals surface area contributed by atoms with Crippen molar-refractivity contribution in [2.45, 2.75) is 5.41 Å². The second-order valence-electron chi connectivity index (χ2n) is 17.9. The van der Waals surface area contributed by atoms with Gasteiger partial charge in [0, 0.05) is 65.1 Å². The van der Waals surface area contributed by atoms with Crippen LogP contribution in [0.15, 0.2) is 239 Å². The smallest absolute Gasteiger partial charge is 0.135 e. The summed E-state index contributed by atoms with van der Waals surface area (Å²) in [5.74, 6) is 0. The molecule has 4 nitrogen and oxygen atoms in total. The lowest BCUT2D eigenvalue weighted by Gasteiger charge is -2.33. The van der Waals surface area contributed by atoms with Crippen molar-refractivity contribution >= 4 is 99.4 Å². The number of nitrogens with zero attached hydrogens (tertiary/aromatic N) is 2. The Balaban J connectivity index is 1.01. The summed E-state index contributed by atoms with van der Waals surface area (Å²) in [7, 11) is 0. The van der Waals surface area contributed by atoms with Crippen LogP contribution >= 0.6 is 11.3 Å². The van der Waals surface area contributed by atoms with E-state index in [0.29, 0.717) is 0 Å². The van der Waals surface area contributed by atoms with E-state index in [1.54, 1.807) is 0 Å². The van der Waals surface area contributed by atoms with Crippen molar-refractivity contribution in [3.05, 3.63) is 253 Å². The molecule has 1 spiro atoms. The Morgan fingerprint density at radius 2 is 0.853 bits per heavy atom. The van der Waals surface area contributed by atoms with Crippen LogP contribution in [0.25, 0.3) is 75.5 Å². The Hall–Kier alpha value is -8.64. The fourth-order valence-electron chi connectivity index (χ4n) is 11.7. The number of furan rings is 2. The molecule has 0 radical (unpaired) electrons. The van der Waals surface area contributed by atoms with Crippen molar-refractivity contribution < 1.29 is 8.83 Å². The summed E-state index contributed by atoms with van der Waals surface area (Å²) in [6.07, 6.45) is 0. The highest BCUT2D eigenvalue weighted by atomic mass is 32.1. The lowest BCUT2D eigenvalue weighted by molar-refractivity contribution is 0.668. The molecule has 1 atom stereocenters. The van der Waals surface area contributed by atoms with Gasteiger partial charge in [0.2, 0.25) is 0 Å². The summed E-state index contributed by atoms with van der Waals surface area (Å²) >= 11 is 1.91. The first kappa shape index (κ1) is 37.6. The van der Waals surface area contributed by atoms with E-state index in [1.807, 2.05) is 29.5 Å². The molecule has 68 heavy (non-hydrogen) atoms. The van der Waals surface area contributed by atoms with Crippen LogP contribution in [0.1, 0.15) is 22.3 Å². The number of fused-ring (bicyclic) bond motifs is 18. The molecule has 0 N–H and O–H groups in total. The molecule has 0 saturated heterocycles. The van der Waals surface area contributed by atoms with E-state index in [1.165, 1.54) is 53.9 Å². The number of rotatable bonds is 6. The average Bonchev–Trinajstić information content (AvgIpc) is 4.20. The van der Waals surface area contributed by atoms with Gasteiger partial charge in [-0.2, -0.15) is 0 Å². The Morgan fingerprint density at radius 1 is 0.338 bits per heavy atom. The van der Waals surface area contributed by atoms with Gasteiger partial charge in [-0.05, 0) is 136 Å². The monoisotopic (exact) mass is 886 g/mol. The van der Waals surface area contributed by atoms with Crippen molar-refractivity contribution in [3.8, 4) is 21.6 Å². The van der Waals surface area contributed by atoms with E-state index in [2.05, 4.69) is 222 Å². The lowest BCUT2D eigenvalue weighted by atomic mass is 9.70. The van der Waals surface area contributed by atoms with Crippen LogP contribution in [0.3, 0.4) is 0 Å². The SMILES string of the molecule is c1ccc(N(c2ccc3c(c2)C2(c4ccccc4-3)c3cccc(N(c4ccccc4)c4ccc5oc6ccccc6c5c4)c3-c3sc4ccccc4c32)c2ccc3oc4ccccc4c3c2)cc1. The maximum atomic E-state index is 6.37. The minimum Gasteiger partial charge on any atom is -0.456 e. The second kappa shape index (κ2) is 14.2. The standard InChI is InChI=1S/C63H38N2O2S/c1-3-16-39(17-4-1)64(41-31-34-57-49(36-41)46-21-8-12-27-55(46)66-57)43-30-33-45-44-20-7-11-24-51(44)63(53(45)38-43)52-25-15-26-54(60(52)62-61(63)48-23-10-14-29-59(48)68-62)65(40-18-5-2-6-19-40)42-32-35-58-50(37-42)47-22-9-13-28-56(47)67-58/h1-38H. The van der Waals surface area contributed by atoms with Crippen LogP contribution in [-0.2, 0) is 5.41 Å². The predicted molar refractivity (Wildman–Crippen MR) is 282 cm³/mol. The van der Waals surface area contributed by atoms with Gasteiger partial charge < -0.3 is 18.6 Å². The van der Waals surface area contributed by atoms with Crippen LogP contribution in [0.5, 0.6) is 0 Å². The van der Waals surface area contributed by atoms with Gasteiger partial charge in [0.25, 0.3) is 0 Å². The Bertz CT molecular complexity index is 4180. The van der Waals surface area contributed by atoms with Crippen molar-refractivity contribution in [3.63, 3.8) is 0 Å². The Labute approximate surface area is 395 Å².